The lowest BCUT2D eigenvalue weighted by Crippen LogP contribution is -2.16. The summed E-state index contributed by atoms with van der Waals surface area (Å²) in [7, 11) is 0. The van der Waals surface area contributed by atoms with E-state index in [4.69, 9.17) is 12.8 Å². The monoisotopic (exact) mass is 608 g/mol. The van der Waals surface area contributed by atoms with Gasteiger partial charge in [-0.05, 0) is 71.8 Å². The second-order valence-corrected chi connectivity index (χ2v) is 9.12. The molecule has 2 amide bonds. The summed E-state index contributed by atoms with van der Waals surface area (Å²) in [6.45, 7) is 0. The molecular weight excluding hydrogens is 590 g/mol. The fourth-order valence-electron chi connectivity index (χ4n) is 4.23. The van der Waals surface area contributed by atoms with Crippen LogP contribution < -0.4 is 10.6 Å². The minimum Gasteiger partial charge on any atom is -0.505 e. The second-order valence-electron chi connectivity index (χ2n) is 9.12. The number of nitrogens with one attached hydrogen (secondary N) is 2. The van der Waals surface area contributed by atoms with Crippen LogP contribution in [0, 0.1) is 24.7 Å². The predicted octanol–water partition coefficient (Wildman–Crippen LogP) is 7.27. The molecule has 4 rings (SSSR count). The van der Waals surface area contributed by atoms with Gasteiger partial charge in [0.25, 0.3) is 11.8 Å². The van der Waals surface area contributed by atoms with Gasteiger partial charge in [-0.2, -0.15) is 26.3 Å². The molecule has 4 aromatic carbocycles. The number of alkyl halides is 6. The lowest BCUT2D eigenvalue weighted by Gasteiger charge is -2.22. The van der Waals surface area contributed by atoms with Crippen molar-refractivity contribution in [2.75, 3.05) is 10.6 Å². The fraction of sp³-hybridized carbons (Fsp3) is 0.0625. The summed E-state index contributed by atoms with van der Waals surface area (Å²) in [5.41, 5.74) is -6.85. The molecule has 0 atom stereocenters. The Kier molecular flexibility index (Phi) is 8.32. The average molecular weight is 608 g/mol. The van der Waals surface area contributed by atoms with E-state index in [2.05, 4.69) is 22.5 Å². The molecule has 0 aliphatic carbocycles. The van der Waals surface area contributed by atoms with Crippen LogP contribution in [0.1, 0.15) is 43.0 Å². The van der Waals surface area contributed by atoms with E-state index in [1.807, 2.05) is 0 Å². The van der Waals surface area contributed by atoms with Crippen LogP contribution in [0.4, 0.5) is 37.7 Å². The summed E-state index contributed by atoms with van der Waals surface area (Å²) >= 11 is 0. The number of aromatic hydroxyl groups is 2. The smallest absolute Gasteiger partial charge is 0.420 e. The molecule has 0 heterocycles. The van der Waals surface area contributed by atoms with E-state index in [1.165, 1.54) is 48.5 Å². The maximum atomic E-state index is 14.2. The van der Waals surface area contributed by atoms with Crippen molar-refractivity contribution in [3.05, 3.63) is 106 Å². The third kappa shape index (κ3) is 6.30. The van der Waals surface area contributed by atoms with Gasteiger partial charge in [-0.3, -0.25) is 9.59 Å². The molecule has 0 radical (unpaired) electrons. The highest BCUT2D eigenvalue weighted by Crippen LogP contribution is 2.51. The molecule has 0 bridgehead atoms. The molecule has 0 aliphatic heterocycles. The number of hydrogen-bond acceptors (Lipinski definition) is 4. The van der Waals surface area contributed by atoms with Gasteiger partial charge in [-0.15, -0.1) is 12.8 Å². The van der Waals surface area contributed by atoms with Gasteiger partial charge in [-0.1, -0.05) is 24.0 Å². The van der Waals surface area contributed by atoms with Gasteiger partial charge < -0.3 is 20.8 Å². The number of anilines is 2. The van der Waals surface area contributed by atoms with Gasteiger partial charge in [0.15, 0.2) is 11.5 Å². The van der Waals surface area contributed by atoms with Crippen molar-refractivity contribution in [1.82, 2.24) is 0 Å². The van der Waals surface area contributed by atoms with Crippen molar-refractivity contribution in [2.45, 2.75) is 12.4 Å². The first-order valence-electron chi connectivity index (χ1n) is 12.3. The molecule has 0 unspecified atom stereocenters. The van der Waals surface area contributed by atoms with Crippen LogP contribution in [-0.2, 0) is 12.4 Å². The zero-order valence-corrected chi connectivity index (χ0v) is 22.1. The summed E-state index contributed by atoms with van der Waals surface area (Å²) in [4.78, 5) is 25.2. The van der Waals surface area contributed by atoms with Crippen molar-refractivity contribution < 1.29 is 46.1 Å². The van der Waals surface area contributed by atoms with E-state index >= 15 is 0 Å². The molecule has 0 saturated carbocycles. The number of phenols is 2. The zero-order valence-electron chi connectivity index (χ0n) is 22.1. The number of benzene rings is 4. The van der Waals surface area contributed by atoms with Crippen molar-refractivity contribution >= 4 is 23.2 Å². The SMILES string of the molecule is C#Cc1ccc(C(=O)Nc2ccc(-c3ccc(NC(=O)c4ccc(C#C)cc4)c(O)c3C(F)(F)F)c(C(F)(F)F)c2O)cc1. The van der Waals surface area contributed by atoms with Crippen molar-refractivity contribution in [3.63, 3.8) is 0 Å². The summed E-state index contributed by atoms with van der Waals surface area (Å²) in [5.74, 6) is -0.367. The van der Waals surface area contributed by atoms with Crippen LogP contribution in [-0.4, -0.2) is 22.0 Å². The molecule has 4 aromatic rings. The number of halogens is 6. The Balaban J connectivity index is 1.79. The molecule has 222 valence electrons. The molecule has 0 spiro atoms. The lowest BCUT2D eigenvalue weighted by atomic mass is 9.92. The quantitative estimate of drug-likeness (QED) is 0.109. The van der Waals surface area contributed by atoms with E-state index in [0.717, 1.165) is 12.1 Å². The highest BCUT2D eigenvalue weighted by atomic mass is 19.4. The van der Waals surface area contributed by atoms with Crippen LogP contribution in [0.2, 0.25) is 0 Å². The highest BCUT2D eigenvalue weighted by Gasteiger charge is 2.43. The minimum atomic E-state index is -5.43. The van der Waals surface area contributed by atoms with Gasteiger partial charge in [0.05, 0.1) is 11.4 Å². The van der Waals surface area contributed by atoms with E-state index in [0.29, 0.717) is 23.3 Å². The number of hydrogen-bond donors (Lipinski definition) is 4. The van der Waals surface area contributed by atoms with E-state index in [-0.39, 0.29) is 11.1 Å². The average Bonchev–Trinajstić information content (AvgIpc) is 2.97. The van der Waals surface area contributed by atoms with E-state index in [1.54, 1.807) is 0 Å². The number of carbonyl (C=O) groups is 2. The Bertz CT molecular complexity index is 1710. The van der Waals surface area contributed by atoms with E-state index < -0.39 is 69.3 Å². The van der Waals surface area contributed by atoms with Crippen LogP contribution in [0.5, 0.6) is 11.5 Å². The Morgan fingerprint density at radius 2 is 0.886 bits per heavy atom. The van der Waals surface area contributed by atoms with Gasteiger partial charge in [0.1, 0.15) is 11.1 Å². The van der Waals surface area contributed by atoms with Gasteiger partial charge in [0.2, 0.25) is 0 Å². The molecule has 0 fully saturated rings. The third-order valence-electron chi connectivity index (χ3n) is 6.34. The molecule has 0 aliphatic rings. The highest BCUT2D eigenvalue weighted by molar-refractivity contribution is 6.06. The summed E-state index contributed by atoms with van der Waals surface area (Å²) in [6.07, 6.45) is -0.356. The molecule has 0 saturated heterocycles. The number of carbonyl (C=O) groups excluding carboxylic acids is 2. The largest absolute Gasteiger partial charge is 0.505 e. The van der Waals surface area contributed by atoms with Crippen molar-refractivity contribution in [1.29, 1.82) is 0 Å². The first-order valence-corrected chi connectivity index (χ1v) is 12.3. The second kappa shape index (κ2) is 11.8. The van der Waals surface area contributed by atoms with Crippen LogP contribution in [0.15, 0.2) is 72.8 Å². The Morgan fingerprint density at radius 1 is 0.568 bits per heavy atom. The molecule has 0 aromatic heterocycles. The predicted molar refractivity (Wildman–Crippen MR) is 150 cm³/mol. The minimum absolute atomic E-state index is 0.0325. The topological polar surface area (TPSA) is 98.7 Å². The first kappa shape index (κ1) is 31.1. The first-order chi connectivity index (χ1) is 20.6. The zero-order chi connectivity index (χ0) is 32.4. The van der Waals surface area contributed by atoms with Gasteiger partial charge in [-0.25, -0.2) is 0 Å². The van der Waals surface area contributed by atoms with Gasteiger partial charge in [0, 0.05) is 22.3 Å². The van der Waals surface area contributed by atoms with Crippen LogP contribution in [0.3, 0.4) is 0 Å². The summed E-state index contributed by atoms with van der Waals surface area (Å²) in [5, 5.41) is 25.3. The number of terminal acetylenes is 2. The molecule has 12 heteroatoms. The van der Waals surface area contributed by atoms with Gasteiger partial charge >= 0.3 is 12.4 Å². The summed E-state index contributed by atoms with van der Waals surface area (Å²) < 4.78 is 85.4. The standard InChI is InChI=1S/C32H18F6N2O4/c1-3-17-5-9-19(10-6-17)29(43)39-23-15-13-21(25(27(23)41)31(33,34)35)22-14-16-24(28(42)26(22)32(36,37)38)40-30(44)20-11-7-18(4-2)8-12-20/h1-2,5-16,41-42H,(H,39,43)(H,40,44). The molecule has 44 heavy (non-hydrogen) atoms. The van der Waals surface area contributed by atoms with Crippen LogP contribution in [0.25, 0.3) is 11.1 Å². The van der Waals surface area contributed by atoms with Crippen LogP contribution >= 0.6 is 0 Å². The molecule has 6 nitrogen and oxygen atoms in total. The fourth-order valence-corrected chi connectivity index (χ4v) is 4.23. The van der Waals surface area contributed by atoms with Crippen molar-refractivity contribution in [3.8, 4) is 47.3 Å². The molecular formula is C32H18F6N2O4. The Hall–Kier alpha value is -5.88. The normalized spacial score (nSPS) is 11.3. The van der Waals surface area contributed by atoms with Crippen molar-refractivity contribution in [2.24, 2.45) is 0 Å². The third-order valence-corrected chi connectivity index (χ3v) is 6.34. The number of amides is 2. The summed E-state index contributed by atoms with van der Waals surface area (Å²) in [6, 6.07) is 13.5. The Morgan fingerprint density at radius 3 is 1.16 bits per heavy atom. The molecule has 4 N–H and O–H groups in total. The lowest BCUT2D eigenvalue weighted by molar-refractivity contribution is -0.140. The maximum absolute atomic E-state index is 14.2. The number of phenolic OH excluding ortho intramolecular Hbond substituents is 2. The van der Waals surface area contributed by atoms with E-state index in [9.17, 15) is 46.1 Å². The number of rotatable bonds is 5. The maximum Gasteiger partial charge on any atom is 0.420 e. The Labute approximate surface area is 246 Å².